The Hall–Kier alpha value is -1.68. The van der Waals surface area contributed by atoms with Gasteiger partial charge in [0.1, 0.15) is 18.9 Å². The van der Waals surface area contributed by atoms with Crippen molar-refractivity contribution in [3.63, 3.8) is 0 Å². The number of ether oxygens (including phenoxy) is 1. The lowest BCUT2D eigenvalue weighted by atomic mass is 10.2. The van der Waals surface area contributed by atoms with Gasteiger partial charge in [-0.05, 0) is 24.3 Å². The van der Waals surface area contributed by atoms with Crippen molar-refractivity contribution in [3.8, 4) is 5.75 Å². The van der Waals surface area contributed by atoms with Crippen molar-refractivity contribution in [2.75, 3.05) is 34.3 Å². The zero-order valence-corrected chi connectivity index (χ0v) is 12.8. The molecule has 0 aliphatic heterocycles. The molecule has 1 aromatic rings. The van der Waals surface area contributed by atoms with E-state index in [1.54, 1.807) is 12.1 Å². The lowest BCUT2D eigenvalue weighted by Crippen LogP contribution is -2.38. The molecule has 0 saturated carbocycles. The van der Waals surface area contributed by atoms with Crippen molar-refractivity contribution in [1.29, 1.82) is 0 Å². The molecule has 0 heterocycles. The quantitative estimate of drug-likeness (QED) is 0.353. The molecule has 0 bridgehead atoms. The van der Waals surface area contributed by atoms with Gasteiger partial charge in [0.2, 0.25) is 10.4 Å². The summed E-state index contributed by atoms with van der Waals surface area (Å²) in [4.78, 5) is 11.5. The van der Waals surface area contributed by atoms with E-state index in [1.165, 1.54) is 12.1 Å². The fourth-order valence-electron chi connectivity index (χ4n) is 1.09. The molecule has 0 spiro atoms. The average molecular weight is 321 g/mol. The first-order valence-electron chi connectivity index (χ1n) is 5.83. The van der Waals surface area contributed by atoms with Gasteiger partial charge in [-0.2, -0.15) is 0 Å². The Labute approximate surface area is 123 Å². The van der Waals surface area contributed by atoms with E-state index in [0.29, 0.717) is 12.2 Å². The number of rotatable bonds is 4. The predicted molar refractivity (Wildman–Crippen MR) is 73.6 cm³/mol. The van der Waals surface area contributed by atoms with Crippen LogP contribution in [0.5, 0.6) is 5.75 Å². The molecule has 0 aliphatic rings. The number of carbonyl (C=O) groups excluding carboxylic acids is 1. The van der Waals surface area contributed by atoms with Crippen LogP contribution in [-0.4, -0.2) is 67.4 Å². The van der Waals surface area contributed by atoms with Gasteiger partial charge in [0.15, 0.2) is 0 Å². The molecular formula is C12H19NO7S. The van der Waals surface area contributed by atoms with Crippen molar-refractivity contribution in [2.45, 2.75) is 0 Å². The van der Waals surface area contributed by atoms with Crippen LogP contribution in [0.25, 0.3) is 0 Å². The molecule has 1 aromatic carbocycles. The van der Waals surface area contributed by atoms with Crippen LogP contribution in [0, 0.1) is 0 Å². The number of phenols is 1. The van der Waals surface area contributed by atoms with Crippen molar-refractivity contribution in [1.82, 2.24) is 0 Å². The van der Waals surface area contributed by atoms with Gasteiger partial charge in [-0.3, -0.25) is 4.55 Å². The summed E-state index contributed by atoms with van der Waals surface area (Å²) < 4.78 is 38.7. The number of carbonyl (C=O) groups is 1. The van der Waals surface area contributed by atoms with Crippen molar-refractivity contribution in [3.05, 3.63) is 29.8 Å². The van der Waals surface area contributed by atoms with E-state index >= 15 is 0 Å². The zero-order chi connectivity index (χ0) is 16.7. The Bertz CT molecular complexity index is 538. The maximum atomic E-state index is 11.5. The van der Waals surface area contributed by atoms with Crippen LogP contribution in [0.4, 0.5) is 0 Å². The lowest BCUT2D eigenvalue weighted by Gasteiger charge is -2.23. The number of nitrogens with zero attached hydrogens (tertiary/aromatic N) is 1. The van der Waals surface area contributed by atoms with Gasteiger partial charge in [-0.25, -0.2) is 13.2 Å². The number of aromatic hydroxyl groups is 1. The summed E-state index contributed by atoms with van der Waals surface area (Å²) in [6.45, 7) is 1.16. The smallest absolute Gasteiger partial charge is 0.338 e. The SMILES string of the molecule is C[N+](C)(C)CCOC(=O)c1ccc(O)cc1.O=S(=O)([O-])O. The topological polar surface area (TPSA) is 124 Å². The van der Waals surface area contributed by atoms with E-state index in [0.717, 1.165) is 11.0 Å². The van der Waals surface area contributed by atoms with Gasteiger partial charge < -0.3 is 18.9 Å². The van der Waals surface area contributed by atoms with Crippen LogP contribution in [-0.2, 0) is 15.1 Å². The van der Waals surface area contributed by atoms with Crippen LogP contribution in [0.15, 0.2) is 24.3 Å². The zero-order valence-electron chi connectivity index (χ0n) is 12.0. The number of phenolic OH excluding ortho intramolecular Hbond substituents is 1. The summed E-state index contributed by atoms with van der Waals surface area (Å²) >= 11 is 0. The molecule has 9 heteroatoms. The van der Waals surface area contributed by atoms with Gasteiger partial charge in [-0.15, -0.1) is 0 Å². The Kier molecular flexibility index (Phi) is 7.30. The molecule has 21 heavy (non-hydrogen) atoms. The summed E-state index contributed by atoms with van der Waals surface area (Å²) in [5.74, 6) is -0.212. The maximum Gasteiger partial charge on any atom is 0.338 e. The minimum Gasteiger partial charge on any atom is -0.726 e. The average Bonchev–Trinajstić information content (AvgIpc) is 2.25. The monoisotopic (exact) mass is 321 g/mol. The predicted octanol–water partition coefficient (Wildman–Crippen LogP) is 0.260. The highest BCUT2D eigenvalue weighted by atomic mass is 32.3. The van der Waals surface area contributed by atoms with Crippen LogP contribution in [0.3, 0.4) is 0 Å². The summed E-state index contributed by atoms with van der Waals surface area (Å²) in [7, 11) is 1.19. The van der Waals surface area contributed by atoms with Gasteiger partial charge in [0, 0.05) is 0 Å². The minimum absolute atomic E-state index is 0.142. The van der Waals surface area contributed by atoms with E-state index in [-0.39, 0.29) is 11.7 Å². The first kappa shape index (κ1) is 19.3. The second kappa shape index (κ2) is 7.93. The summed E-state index contributed by atoms with van der Waals surface area (Å²) in [5.41, 5.74) is 0.458. The van der Waals surface area contributed by atoms with E-state index in [1.807, 2.05) is 21.1 Å². The third kappa shape index (κ3) is 13.1. The Morgan fingerprint density at radius 2 is 1.67 bits per heavy atom. The molecule has 2 N–H and O–H groups in total. The van der Waals surface area contributed by atoms with Crippen LogP contribution in [0.1, 0.15) is 10.4 Å². The molecule has 0 saturated heterocycles. The fourth-order valence-corrected chi connectivity index (χ4v) is 1.09. The summed E-state index contributed by atoms with van der Waals surface area (Å²) in [6, 6.07) is 6.03. The molecule has 0 radical (unpaired) electrons. The van der Waals surface area contributed by atoms with Gasteiger partial charge in [0.05, 0.1) is 26.7 Å². The molecule has 0 atom stereocenters. The van der Waals surface area contributed by atoms with Gasteiger partial charge >= 0.3 is 5.97 Å². The largest absolute Gasteiger partial charge is 0.726 e. The number of esters is 1. The normalized spacial score (nSPS) is 11.3. The van der Waals surface area contributed by atoms with Crippen LogP contribution < -0.4 is 0 Å². The summed E-state index contributed by atoms with van der Waals surface area (Å²) in [5, 5.41) is 9.07. The number of benzene rings is 1. The highest BCUT2D eigenvalue weighted by Gasteiger charge is 2.10. The lowest BCUT2D eigenvalue weighted by molar-refractivity contribution is -0.870. The Morgan fingerprint density at radius 1 is 1.24 bits per heavy atom. The number of hydrogen-bond donors (Lipinski definition) is 2. The molecule has 0 aliphatic carbocycles. The van der Waals surface area contributed by atoms with Crippen LogP contribution in [0.2, 0.25) is 0 Å². The van der Waals surface area contributed by atoms with Gasteiger partial charge in [-0.1, -0.05) is 0 Å². The first-order chi connectivity index (χ1) is 9.38. The molecule has 0 unspecified atom stereocenters. The maximum absolute atomic E-state index is 11.5. The van der Waals surface area contributed by atoms with Gasteiger partial charge in [0.25, 0.3) is 0 Å². The fraction of sp³-hybridized carbons (Fsp3) is 0.417. The van der Waals surface area contributed by atoms with E-state index in [4.69, 9.17) is 27.4 Å². The standard InChI is InChI=1S/C12H17NO3.H2O4S/c1-13(2,3)8-9-16-12(15)10-4-6-11(14)7-5-10;1-5(2,3)4/h4-7H,8-9H2,1-3H3;(H2,1,2,3,4). The van der Waals surface area contributed by atoms with Crippen LogP contribution >= 0.6 is 0 Å². The third-order valence-corrected chi connectivity index (χ3v) is 2.10. The molecule has 120 valence electrons. The highest BCUT2D eigenvalue weighted by Crippen LogP contribution is 2.10. The first-order valence-corrected chi connectivity index (χ1v) is 7.20. The molecular weight excluding hydrogens is 302 g/mol. The van der Waals surface area contributed by atoms with Crippen molar-refractivity contribution in [2.24, 2.45) is 0 Å². The number of hydrogen-bond acceptors (Lipinski definition) is 6. The molecule has 0 aromatic heterocycles. The number of quaternary nitrogens is 1. The second-order valence-electron chi connectivity index (χ2n) is 5.12. The van der Waals surface area contributed by atoms with Crippen molar-refractivity contribution < 1.29 is 36.6 Å². The molecule has 0 amide bonds. The Balaban J connectivity index is 0.000000690. The third-order valence-electron chi connectivity index (χ3n) is 2.10. The van der Waals surface area contributed by atoms with E-state index in [9.17, 15) is 4.79 Å². The van der Waals surface area contributed by atoms with E-state index < -0.39 is 10.4 Å². The molecule has 0 fully saturated rings. The molecule has 8 nitrogen and oxygen atoms in total. The second-order valence-corrected chi connectivity index (χ2v) is 5.98. The molecule has 1 rings (SSSR count). The number of likely N-dealkylation sites (N-methyl/N-ethyl adjacent to an activating group) is 1. The highest BCUT2D eigenvalue weighted by molar-refractivity contribution is 7.79. The minimum atomic E-state index is -4.92. The Morgan fingerprint density at radius 3 is 2.05 bits per heavy atom. The van der Waals surface area contributed by atoms with E-state index in [2.05, 4.69) is 0 Å². The summed E-state index contributed by atoms with van der Waals surface area (Å²) in [6.07, 6.45) is 0. The van der Waals surface area contributed by atoms with Crippen molar-refractivity contribution >= 4 is 16.4 Å².